The first kappa shape index (κ1) is 17.6. The molecule has 0 saturated carbocycles. The van der Waals surface area contributed by atoms with Gasteiger partial charge in [0.2, 0.25) is 5.65 Å². The molecule has 1 amide bonds. The van der Waals surface area contributed by atoms with Crippen molar-refractivity contribution in [2.45, 2.75) is 13.0 Å². The van der Waals surface area contributed by atoms with Gasteiger partial charge in [-0.05, 0) is 42.5 Å². The zero-order chi connectivity index (χ0) is 19.8. The van der Waals surface area contributed by atoms with Gasteiger partial charge in [-0.3, -0.25) is 4.79 Å². The van der Waals surface area contributed by atoms with Gasteiger partial charge in [0.05, 0.1) is 24.2 Å². The second-order valence-electron chi connectivity index (χ2n) is 6.90. The highest BCUT2D eigenvalue weighted by molar-refractivity contribution is 5.97. The van der Waals surface area contributed by atoms with Gasteiger partial charge in [0, 0.05) is 18.3 Å². The zero-order valence-electron chi connectivity index (χ0n) is 15.8. The van der Waals surface area contributed by atoms with Crippen LogP contribution in [0.1, 0.15) is 16.2 Å². The van der Waals surface area contributed by atoms with Crippen LogP contribution in [0.3, 0.4) is 0 Å². The summed E-state index contributed by atoms with van der Waals surface area (Å²) >= 11 is 0. The number of aromatic nitrogens is 6. The monoisotopic (exact) mass is 393 g/mol. The molecule has 10 heteroatoms. The Hall–Kier alpha value is -3.53. The Kier molecular flexibility index (Phi) is 4.32. The minimum absolute atomic E-state index is 0.0414. The topological polar surface area (TPSA) is 111 Å². The van der Waals surface area contributed by atoms with E-state index in [0.29, 0.717) is 36.4 Å². The molecule has 1 aliphatic rings. The van der Waals surface area contributed by atoms with E-state index in [0.717, 1.165) is 16.9 Å². The van der Waals surface area contributed by atoms with Gasteiger partial charge in [-0.1, -0.05) is 4.85 Å². The average Bonchev–Trinajstić information content (AvgIpc) is 3.33. The summed E-state index contributed by atoms with van der Waals surface area (Å²) in [7, 11) is 0. The van der Waals surface area contributed by atoms with Crippen molar-refractivity contribution in [3.63, 3.8) is 0 Å². The predicted octanol–water partition coefficient (Wildman–Crippen LogP) is 0.981. The molecule has 1 aliphatic heterocycles. The van der Waals surface area contributed by atoms with Crippen LogP contribution in [0.15, 0.2) is 36.5 Å². The number of morpholine rings is 1. The lowest BCUT2D eigenvalue weighted by Crippen LogP contribution is -2.48. The van der Waals surface area contributed by atoms with Crippen LogP contribution in [0.2, 0.25) is 0 Å². The molecule has 1 aromatic carbocycles. The first-order chi connectivity index (χ1) is 14.2. The third kappa shape index (κ3) is 3.38. The van der Waals surface area contributed by atoms with Gasteiger partial charge in [0.1, 0.15) is 24.1 Å². The van der Waals surface area contributed by atoms with E-state index in [1.807, 2.05) is 25.1 Å². The summed E-state index contributed by atoms with van der Waals surface area (Å²) in [5, 5.41) is 7.95. The molecule has 0 bridgehead atoms. The van der Waals surface area contributed by atoms with Gasteiger partial charge in [0.15, 0.2) is 0 Å². The maximum Gasteiger partial charge on any atom is 0.254 e. The number of fused-ring (bicyclic) bond motifs is 2. The molecular formula is C19H19N7O3. The van der Waals surface area contributed by atoms with Crippen LogP contribution in [0.4, 0.5) is 0 Å². The summed E-state index contributed by atoms with van der Waals surface area (Å²) in [5.41, 5.74) is 3.51. The Bertz CT molecular complexity index is 1180. The molecule has 1 N–H and O–H groups in total. The van der Waals surface area contributed by atoms with Crippen LogP contribution in [-0.4, -0.2) is 73.3 Å². The summed E-state index contributed by atoms with van der Waals surface area (Å²) in [4.78, 5) is 33.5. The highest BCUT2D eigenvalue weighted by Gasteiger charge is 2.26. The first-order valence-electron chi connectivity index (χ1n) is 9.34. The lowest BCUT2D eigenvalue weighted by atomic mass is 10.1. The van der Waals surface area contributed by atoms with E-state index in [1.54, 1.807) is 23.2 Å². The molecule has 0 radical (unpaired) electrons. The molecule has 1 saturated heterocycles. The lowest BCUT2D eigenvalue weighted by molar-refractivity contribution is -0.0680. The number of nitrogens with one attached hydrogen (secondary N) is 1. The predicted molar refractivity (Wildman–Crippen MR) is 103 cm³/mol. The van der Waals surface area contributed by atoms with Gasteiger partial charge < -0.3 is 19.5 Å². The molecule has 3 aromatic heterocycles. The van der Waals surface area contributed by atoms with E-state index in [1.165, 1.54) is 4.85 Å². The molecule has 4 heterocycles. The lowest BCUT2D eigenvalue weighted by Gasteiger charge is -2.32. The fourth-order valence-electron chi connectivity index (χ4n) is 3.44. The van der Waals surface area contributed by atoms with E-state index >= 15 is 0 Å². The maximum absolute atomic E-state index is 13.0. The number of benzene rings is 1. The number of ether oxygens (including phenoxy) is 1. The van der Waals surface area contributed by atoms with Crippen molar-refractivity contribution < 1.29 is 14.4 Å². The third-order valence-electron chi connectivity index (χ3n) is 4.84. The fourth-order valence-corrected chi connectivity index (χ4v) is 3.44. The number of rotatable bonds is 4. The number of amides is 1. The Balaban J connectivity index is 1.26. The largest absolute Gasteiger partial charge is 0.391 e. The standard InChI is InChI=1S/C19H19N7O3/c1-12-21-15-5-4-13(9-17(15)22-12)19(27)25-7-8-28-14(10-25)11-29-26-18-16(23-24-26)3-2-6-20-18/h2-6,9,14H,7-8,10-11H2,1H3,(H,21,22). The van der Waals surface area contributed by atoms with Crippen LogP contribution in [0.5, 0.6) is 0 Å². The van der Waals surface area contributed by atoms with Gasteiger partial charge >= 0.3 is 0 Å². The maximum atomic E-state index is 13.0. The Morgan fingerprint density at radius 1 is 1.34 bits per heavy atom. The second kappa shape index (κ2) is 7.13. The Labute approximate surface area is 165 Å². The van der Waals surface area contributed by atoms with Gasteiger partial charge in [0.25, 0.3) is 5.91 Å². The van der Waals surface area contributed by atoms with Crippen LogP contribution >= 0.6 is 0 Å². The average molecular weight is 393 g/mol. The number of aryl methyl sites for hydroxylation is 1. The molecule has 5 rings (SSSR count). The molecular weight excluding hydrogens is 374 g/mol. The summed E-state index contributed by atoms with van der Waals surface area (Å²) in [6.45, 7) is 3.53. The molecule has 29 heavy (non-hydrogen) atoms. The number of H-pyrrole nitrogens is 1. The van der Waals surface area contributed by atoms with E-state index in [2.05, 4.69) is 25.3 Å². The number of imidazole rings is 1. The van der Waals surface area contributed by atoms with Gasteiger partial charge in [-0.25, -0.2) is 9.97 Å². The van der Waals surface area contributed by atoms with E-state index in [-0.39, 0.29) is 18.6 Å². The van der Waals surface area contributed by atoms with Crippen molar-refractivity contribution >= 4 is 28.1 Å². The van der Waals surface area contributed by atoms with Crippen LogP contribution in [0.25, 0.3) is 22.2 Å². The molecule has 1 fully saturated rings. The number of aromatic amines is 1. The summed E-state index contributed by atoms with van der Waals surface area (Å²) in [6, 6.07) is 9.10. The minimum atomic E-state index is -0.270. The Morgan fingerprint density at radius 2 is 2.28 bits per heavy atom. The molecule has 10 nitrogen and oxygen atoms in total. The quantitative estimate of drug-likeness (QED) is 0.550. The second-order valence-corrected chi connectivity index (χ2v) is 6.90. The number of hydrogen-bond donors (Lipinski definition) is 1. The normalized spacial score (nSPS) is 17.1. The van der Waals surface area contributed by atoms with Crippen molar-refractivity contribution in [2.24, 2.45) is 0 Å². The van der Waals surface area contributed by atoms with E-state index < -0.39 is 0 Å². The Morgan fingerprint density at radius 3 is 3.21 bits per heavy atom. The molecule has 1 atom stereocenters. The smallest absolute Gasteiger partial charge is 0.254 e. The van der Waals surface area contributed by atoms with Crippen molar-refractivity contribution in [2.75, 3.05) is 26.3 Å². The van der Waals surface area contributed by atoms with Crippen molar-refractivity contribution in [3.8, 4) is 0 Å². The number of carbonyl (C=O) groups excluding carboxylic acids is 1. The number of carbonyl (C=O) groups is 1. The van der Waals surface area contributed by atoms with Crippen molar-refractivity contribution in [1.29, 1.82) is 0 Å². The van der Waals surface area contributed by atoms with Crippen molar-refractivity contribution in [3.05, 3.63) is 47.9 Å². The van der Waals surface area contributed by atoms with Crippen LogP contribution < -0.4 is 4.84 Å². The molecule has 0 aliphatic carbocycles. The number of pyridine rings is 1. The third-order valence-corrected chi connectivity index (χ3v) is 4.84. The minimum Gasteiger partial charge on any atom is -0.391 e. The van der Waals surface area contributed by atoms with Crippen molar-refractivity contribution in [1.82, 2.24) is 35.0 Å². The fraction of sp³-hybridized carbons (Fsp3) is 0.316. The summed E-state index contributed by atoms with van der Waals surface area (Å²) in [5.74, 6) is 0.781. The van der Waals surface area contributed by atoms with Gasteiger partial charge in [-0.2, -0.15) is 0 Å². The van der Waals surface area contributed by atoms with E-state index in [9.17, 15) is 4.79 Å². The summed E-state index contributed by atoms with van der Waals surface area (Å²) < 4.78 is 5.76. The van der Waals surface area contributed by atoms with Gasteiger partial charge in [-0.15, -0.1) is 5.10 Å². The summed E-state index contributed by atoms with van der Waals surface area (Å²) in [6.07, 6.45) is 1.38. The molecule has 148 valence electrons. The van der Waals surface area contributed by atoms with E-state index in [4.69, 9.17) is 9.57 Å². The SMILES string of the molecule is Cc1nc2ccc(C(=O)N3CCOC(COn4nnc5cccnc54)C3)cc2[nH]1. The number of nitrogens with zero attached hydrogens (tertiary/aromatic N) is 6. The van der Waals surface area contributed by atoms with Crippen LogP contribution in [0, 0.1) is 6.92 Å². The highest BCUT2D eigenvalue weighted by Crippen LogP contribution is 2.17. The van der Waals surface area contributed by atoms with Crippen LogP contribution in [-0.2, 0) is 4.74 Å². The molecule has 4 aromatic rings. The zero-order valence-corrected chi connectivity index (χ0v) is 15.8. The number of hydrogen-bond acceptors (Lipinski definition) is 7. The molecule has 1 unspecified atom stereocenters. The first-order valence-corrected chi connectivity index (χ1v) is 9.34. The molecule has 0 spiro atoms. The highest BCUT2D eigenvalue weighted by atomic mass is 16.7.